The van der Waals surface area contributed by atoms with E-state index in [1.165, 1.54) is 12.1 Å². The maximum absolute atomic E-state index is 12.0. The van der Waals surface area contributed by atoms with Crippen LogP contribution in [0.5, 0.6) is 0 Å². The minimum atomic E-state index is -1.09. The number of carbonyl (C=O) groups is 2. The Hall–Kier alpha value is -1.88. The van der Waals surface area contributed by atoms with E-state index >= 15 is 0 Å². The molecule has 96 valence electrons. The summed E-state index contributed by atoms with van der Waals surface area (Å²) in [5, 5.41) is 11.8. The highest BCUT2D eigenvalue weighted by Gasteiger charge is 2.30. The number of amides is 1. The maximum atomic E-state index is 12.0. The second-order valence-electron chi connectivity index (χ2n) is 4.35. The van der Waals surface area contributed by atoms with Crippen LogP contribution in [0.25, 0.3) is 0 Å². The Morgan fingerprint density at radius 3 is 2.44 bits per heavy atom. The lowest BCUT2D eigenvalue weighted by Crippen LogP contribution is -2.47. The summed E-state index contributed by atoms with van der Waals surface area (Å²) in [4.78, 5) is 22.9. The highest BCUT2D eigenvalue weighted by Crippen LogP contribution is 2.23. The molecule has 0 spiro atoms. The molecule has 1 saturated carbocycles. The van der Waals surface area contributed by atoms with Crippen LogP contribution in [0, 0.1) is 0 Å². The lowest BCUT2D eigenvalue weighted by atomic mass is 9.89. The fraction of sp³-hybridized carbons (Fsp3) is 0.385. The summed E-state index contributed by atoms with van der Waals surface area (Å²) in [6.07, 6.45) is 1.75. The van der Waals surface area contributed by atoms with Gasteiger partial charge in [-0.05, 0) is 25.0 Å². The van der Waals surface area contributed by atoms with E-state index < -0.39 is 5.97 Å². The Morgan fingerprint density at radius 1 is 1.28 bits per heavy atom. The number of carboxylic acids is 1. The average Bonchev–Trinajstić information content (AvgIpc) is 2.32. The number of nitrogens with one attached hydrogen (secondary N) is 1. The average molecular weight is 249 g/mol. The van der Waals surface area contributed by atoms with Crippen molar-refractivity contribution >= 4 is 11.9 Å². The molecule has 1 aliphatic carbocycles. The first kappa shape index (κ1) is 12.6. The maximum Gasteiger partial charge on any atom is 0.336 e. The fourth-order valence-electron chi connectivity index (χ4n) is 2.01. The third kappa shape index (κ3) is 2.51. The van der Waals surface area contributed by atoms with Crippen LogP contribution in [0.4, 0.5) is 0 Å². The van der Waals surface area contributed by atoms with E-state index in [9.17, 15) is 9.59 Å². The van der Waals surface area contributed by atoms with Gasteiger partial charge in [0.25, 0.3) is 5.91 Å². The molecule has 1 aliphatic rings. The Balaban J connectivity index is 2.03. The highest BCUT2D eigenvalue weighted by molar-refractivity contribution is 6.04. The molecule has 1 aromatic rings. The van der Waals surface area contributed by atoms with E-state index in [1.807, 2.05) is 0 Å². The van der Waals surface area contributed by atoms with E-state index in [0.717, 1.165) is 12.8 Å². The topological polar surface area (TPSA) is 75.6 Å². The van der Waals surface area contributed by atoms with Crippen molar-refractivity contribution in [2.45, 2.75) is 25.0 Å². The van der Waals surface area contributed by atoms with Crippen molar-refractivity contribution in [3.05, 3.63) is 35.4 Å². The fourth-order valence-corrected chi connectivity index (χ4v) is 2.01. The summed E-state index contributed by atoms with van der Waals surface area (Å²) in [5.41, 5.74) is 0.225. The molecule has 0 atom stereocenters. The Kier molecular flexibility index (Phi) is 3.62. The van der Waals surface area contributed by atoms with Gasteiger partial charge in [-0.25, -0.2) is 4.79 Å². The van der Waals surface area contributed by atoms with Crippen LogP contribution in [-0.2, 0) is 4.74 Å². The number of ether oxygens (including phenoxy) is 1. The quantitative estimate of drug-likeness (QED) is 0.843. The molecule has 0 aromatic heterocycles. The van der Waals surface area contributed by atoms with Gasteiger partial charge in [-0.3, -0.25) is 4.79 Å². The van der Waals surface area contributed by atoms with E-state index in [0.29, 0.717) is 0 Å². The first-order valence-electron chi connectivity index (χ1n) is 5.77. The normalized spacial score (nSPS) is 22.1. The van der Waals surface area contributed by atoms with Crippen molar-refractivity contribution in [3.63, 3.8) is 0 Å². The molecule has 0 bridgehead atoms. The summed E-state index contributed by atoms with van der Waals surface area (Å²) in [6, 6.07) is 6.27. The molecule has 0 saturated heterocycles. The van der Waals surface area contributed by atoms with Crippen LogP contribution in [0.15, 0.2) is 24.3 Å². The minimum Gasteiger partial charge on any atom is -0.478 e. The number of carboxylic acid groups (broad SMARTS) is 1. The Bertz CT molecular complexity index is 466. The minimum absolute atomic E-state index is 0.0256. The Morgan fingerprint density at radius 2 is 1.89 bits per heavy atom. The van der Waals surface area contributed by atoms with Gasteiger partial charge in [0.15, 0.2) is 0 Å². The SMILES string of the molecule is COC1CC(NC(=O)c2ccccc2C(=O)O)C1. The van der Waals surface area contributed by atoms with Crippen molar-refractivity contribution in [1.29, 1.82) is 0 Å². The van der Waals surface area contributed by atoms with Crippen LogP contribution < -0.4 is 5.32 Å². The van der Waals surface area contributed by atoms with E-state index in [2.05, 4.69) is 5.32 Å². The van der Waals surface area contributed by atoms with E-state index in [1.54, 1.807) is 19.2 Å². The number of hydrogen-bond donors (Lipinski definition) is 2. The first-order chi connectivity index (χ1) is 8.61. The van der Waals surface area contributed by atoms with Crippen molar-refractivity contribution in [1.82, 2.24) is 5.32 Å². The second kappa shape index (κ2) is 5.18. The lowest BCUT2D eigenvalue weighted by Gasteiger charge is -2.34. The number of aromatic carboxylic acids is 1. The first-order valence-corrected chi connectivity index (χ1v) is 5.77. The monoisotopic (exact) mass is 249 g/mol. The molecule has 0 aliphatic heterocycles. The van der Waals surface area contributed by atoms with Crippen molar-refractivity contribution in [2.24, 2.45) is 0 Å². The van der Waals surface area contributed by atoms with E-state index in [-0.39, 0.29) is 29.2 Å². The van der Waals surface area contributed by atoms with Crippen molar-refractivity contribution in [3.8, 4) is 0 Å². The molecule has 0 radical (unpaired) electrons. The van der Waals surface area contributed by atoms with Crippen LogP contribution in [-0.4, -0.2) is 36.2 Å². The molecule has 0 heterocycles. The molecule has 0 unspecified atom stereocenters. The summed E-state index contributed by atoms with van der Waals surface area (Å²) in [7, 11) is 1.64. The molecule has 5 heteroatoms. The highest BCUT2D eigenvalue weighted by atomic mass is 16.5. The zero-order valence-electron chi connectivity index (χ0n) is 10.1. The molecular weight excluding hydrogens is 234 g/mol. The summed E-state index contributed by atoms with van der Waals surface area (Å²) >= 11 is 0. The second-order valence-corrected chi connectivity index (χ2v) is 4.35. The predicted molar refractivity (Wildman–Crippen MR) is 64.7 cm³/mol. The zero-order valence-corrected chi connectivity index (χ0v) is 10.1. The number of benzene rings is 1. The molecule has 2 N–H and O–H groups in total. The molecular formula is C13H15NO4. The van der Waals surface area contributed by atoms with Gasteiger partial charge in [0.2, 0.25) is 0 Å². The largest absolute Gasteiger partial charge is 0.478 e. The molecule has 1 aromatic carbocycles. The standard InChI is InChI=1S/C13H15NO4/c1-18-9-6-8(7-9)14-12(15)10-4-2-3-5-11(10)13(16)17/h2-5,8-9H,6-7H2,1H3,(H,14,15)(H,16,17). The number of carbonyl (C=O) groups excluding carboxylic acids is 1. The summed E-state index contributed by atoms with van der Waals surface area (Å²) in [5.74, 6) is -1.43. The van der Waals surface area contributed by atoms with Crippen LogP contribution in [0.1, 0.15) is 33.6 Å². The van der Waals surface area contributed by atoms with Gasteiger partial charge in [-0.2, -0.15) is 0 Å². The number of rotatable bonds is 4. The van der Waals surface area contributed by atoms with Crippen LogP contribution >= 0.6 is 0 Å². The van der Waals surface area contributed by atoms with Gasteiger partial charge in [0.1, 0.15) is 0 Å². The third-order valence-electron chi connectivity index (χ3n) is 3.17. The molecule has 2 rings (SSSR count). The van der Waals surface area contributed by atoms with Gasteiger partial charge in [-0.1, -0.05) is 12.1 Å². The van der Waals surface area contributed by atoms with Crippen LogP contribution in [0.3, 0.4) is 0 Å². The van der Waals surface area contributed by atoms with Gasteiger partial charge >= 0.3 is 5.97 Å². The lowest BCUT2D eigenvalue weighted by molar-refractivity contribution is 0.0175. The van der Waals surface area contributed by atoms with Crippen molar-refractivity contribution < 1.29 is 19.4 Å². The summed E-state index contributed by atoms with van der Waals surface area (Å²) < 4.78 is 5.12. The molecule has 18 heavy (non-hydrogen) atoms. The van der Waals surface area contributed by atoms with Gasteiger partial charge in [0, 0.05) is 13.2 Å². The summed E-state index contributed by atoms with van der Waals surface area (Å²) in [6.45, 7) is 0. The molecule has 1 fully saturated rings. The van der Waals surface area contributed by atoms with Gasteiger partial charge in [-0.15, -0.1) is 0 Å². The van der Waals surface area contributed by atoms with E-state index in [4.69, 9.17) is 9.84 Å². The van der Waals surface area contributed by atoms with Crippen LogP contribution in [0.2, 0.25) is 0 Å². The Labute approximate surface area is 105 Å². The van der Waals surface area contributed by atoms with Crippen molar-refractivity contribution in [2.75, 3.05) is 7.11 Å². The third-order valence-corrected chi connectivity index (χ3v) is 3.17. The zero-order chi connectivity index (χ0) is 13.1. The smallest absolute Gasteiger partial charge is 0.336 e. The number of methoxy groups -OCH3 is 1. The predicted octanol–water partition coefficient (Wildman–Crippen LogP) is 1.29. The van der Waals surface area contributed by atoms with Gasteiger partial charge < -0.3 is 15.2 Å². The van der Waals surface area contributed by atoms with Gasteiger partial charge in [0.05, 0.1) is 17.2 Å². The molecule has 1 amide bonds. The molecule has 5 nitrogen and oxygen atoms in total. The number of hydrogen-bond acceptors (Lipinski definition) is 3.